The maximum atomic E-state index is 12.0. The maximum absolute atomic E-state index is 12.0. The molecule has 3 N–H and O–H groups in total. The quantitative estimate of drug-likeness (QED) is 0.730. The Labute approximate surface area is 129 Å². The summed E-state index contributed by atoms with van der Waals surface area (Å²) in [6, 6.07) is 1.97. The van der Waals surface area contributed by atoms with Gasteiger partial charge in [0.2, 0.25) is 5.91 Å². The molecule has 0 aromatic carbocycles. The zero-order valence-corrected chi connectivity index (χ0v) is 13.1. The Morgan fingerprint density at radius 1 is 1.23 bits per heavy atom. The Morgan fingerprint density at radius 3 is 2.36 bits per heavy atom. The smallest absolute Gasteiger partial charge is 0.337 e. The van der Waals surface area contributed by atoms with Crippen molar-refractivity contribution >= 4 is 17.8 Å². The SMILES string of the molecule is CCC(C)NC(=O)C(C)NC(=O)c1ccc(C(=O)O)c(C)n1. The van der Waals surface area contributed by atoms with E-state index >= 15 is 0 Å². The summed E-state index contributed by atoms with van der Waals surface area (Å²) in [4.78, 5) is 38.8. The molecule has 1 aromatic heterocycles. The number of carbonyl (C=O) groups excluding carboxylic acids is 2. The molecule has 0 aliphatic carbocycles. The van der Waals surface area contributed by atoms with Crippen LogP contribution in [0.4, 0.5) is 0 Å². The van der Waals surface area contributed by atoms with Crippen molar-refractivity contribution in [1.29, 1.82) is 0 Å². The molecule has 0 saturated carbocycles. The molecule has 0 spiro atoms. The zero-order chi connectivity index (χ0) is 16.9. The first-order valence-corrected chi connectivity index (χ1v) is 7.08. The number of pyridine rings is 1. The van der Waals surface area contributed by atoms with E-state index in [0.717, 1.165) is 6.42 Å². The highest BCUT2D eigenvalue weighted by atomic mass is 16.4. The third-order valence-electron chi connectivity index (χ3n) is 3.29. The van der Waals surface area contributed by atoms with Crippen LogP contribution in [0.2, 0.25) is 0 Å². The van der Waals surface area contributed by atoms with Gasteiger partial charge in [-0.1, -0.05) is 6.92 Å². The molecule has 0 saturated heterocycles. The molecule has 1 heterocycles. The highest BCUT2D eigenvalue weighted by Gasteiger charge is 2.19. The van der Waals surface area contributed by atoms with Gasteiger partial charge in [0.1, 0.15) is 11.7 Å². The van der Waals surface area contributed by atoms with Crippen LogP contribution in [0.3, 0.4) is 0 Å². The number of carboxylic acid groups (broad SMARTS) is 1. The number of rotatable bonds is 6. The van der Waals surface area contributed by atoms with E-state index in [2.05, 4.69) is 15.6 Å². The first kappa shape index (κ1) is 17.6. The summed E-state index contributed by atoms with van der Waals surface area (Å²) in [6.45, 7) is 6.92. The molecule has 0 bridgehead atoms. The van der Waals surface area contributed by atoms with Gasteiger partial charge in [0.15, 0.2) is 0 Å². The first-order valence-electron chi connectivity index (χ1n) is 7.08. The molecule has 22 heavy (non-hydrogen) atoms. The van der Waals surface area contributed by atoms with Gasteiger partial charge in [-0.15, -0.1) is 0 Å². The summed E-state index contributed by atoms with van der Waals surface area (Å²) in [5.74, 6) is -1.90. The molecule has 7 nitrogen and oxygen atoms in total. The summed E-state index contributed by atoms with van der Waals surface area (Å²) in [5, 5.41) is 14.2. The number of aromatic carboxylic acids is 1. The van der Waals surface area contributed by atoms with Gasteiger partial charge < -0.3 is 15.7 Å². The van der Waals surface area contributed by atoms with E-state index in [1.165, 1.54) is 19.1 Å². The Morgan fingerprint density at radius 2 is 1.86 bits per heavy atom. The van der Waals surface area contributed by atoms with Crippen LogP contribution in [0, 0.1) is 6.92 Å². The zero-order valence-electron chi connectivity index (χ0n) is 13.1. The number of hydrogen-bond acceptors (Lipinski definition) is 4. The van der Waals surface area contributed by atoms with Crippen LogP contribution >= 0.6 is 0 Å². The molecule has 2 amide bonds. The number of carbonyl (C=O) groups is 3. The number of amides is 2. The predicted octanol–water partition coefficient (Wildman–Crippen LogP) is 1.12. The monoisotopic (exact) mass is 307 g/mol. The van der Waals surface area contributed by atoms with Gasteiger partial charge in [-0.2, -0.15) is 0 Å². The van der Waals surface area contributed by atoms with Crippen molar-refractivity contribution in [2.24, 2.45) is 0 Å². The largest absolute Gasteiger partial charge is 0.478 e. The number of hydrogen-bond donors (Lipinski definition) is 3. The Hall–Kier alpha value is -2.44. The lowest BCUT2D eigenvalue weighted by molar-refractivity contribution is -0.123. The van der Waals surface area contributed by atoms with Crippen LogP contribution in [0.15, 0.2) is 12.1 Å². The average molecular weight is 307 g/mol. The van der Waals surface area contributed by atoms with E-state index < -0.39 is 17.9 Å². The highest BCUT2D eigenvalue weighted by Crippen LogP contribution is 2.07. The van der Waals surface area contributed by atoms with Crippen molar-refractivity contribution in [3.05, 3.63) is 29.1 Å². The van der Waals surface area contributed by atoms with E-state index in [1.807, 2.05) is 13.8 Å². The number of nitrogens with zero attached hydrogens (tertiary/aromatic N) is 1. The number of aromatic nitrogens is 1. The Kier molecular flexibility index (Phi) is 6.03. The van der Waals surface area contributed by atoms with E-state index in [4.69, 9.17) is 5.11 Å². The molecular weight excluding hydrogens is 286 g/mol. The molecule has 0 radical (unpaired) electrons. The van der Waals surface area contributed by atoms with Gasteiger partial charge in [-0.3, -0.25) is 9.59 Å². The Bertz CT molecular complexity index is 586. The van der Waals surface area contributed by atoms with Gasteiger partial charge in [0, 0.05) is 6.04 Å². The molecule has 0 aliphatic rings. The third-order valence-corrected chi connectivity index (χ3v) is 3.29. The Balaban J connectivity index is 2.75. The summed E-state index contributed by atoms with van der Waals surface area (Å²) >= 11 is 0. The molecular formula is C15H21N3O4. The van der Waals surface area contributed by atoms with Crippen molar-refractivity contribution in [3.63, 3.8) is 0 Å². The van der Waals surface area contributed by atoms with Crippen molar-refractivity contribution < 1.29 is 19.5 Å². The fraction of sp³-hybridized carbons (Fsp3) is 0.467. The maximum Gasteiger partial charge on any atom is 0.337 e. The van der Waals surface area contributed by atoms with Crippen LogP contribution in [-0.2, 0) is 4.79 Å². The fourth-order valence-electron chi connectivity index (χ4n) is 1.72. The second-order valence-corrected chi connectivity index (χ2v) is 5.15. The van der Waals surface area contributed by atoms with Gasteiger partial charge in [0.25, 0.3) is 5.91 Å². The molecule has 2 atom stereocenters. The van der Waals surface area contributed by atoms with E-state index in [-0.39, 0.29) is 28.9 Å². The molecule has 2 unspecified atom stereocenters. The van der Waals surface area contributed by atoms with E-state index in [1.54, 1.807) is 6.92 Å². The third kappa shape index (κ3) is 4.54. The van der Waals surface area contributed by atoms with Crippen LogP contribution in [-0.4, -0.2) is 40.0 Å². The lowest BCUT2D eigenvalue weighted by Gasteiger charge is -2.17. The lowest BCUT2D eigenvalue weighted by Crippen LogP contribution is -2.47. The summed E-state index contributed by atoms with van der Waals surface area (Å²) in [7, 11) is 0. The van der Waals surface area contributed by atoms with Gasteiger partial charge >= 0.3 is 5.97 Å². The summed E-state index contributed by atoms with van der Waals surface area (Å²) in [6.07, 6.45) is 0.795. The average Bonchev–Trinajstić information content (AvgIpc) is 2.46. The van der Waals surface area contributed by atoms with Crippen molar-refractivity contribution in [3.8, 4) is 0 Å². The van der Waals surface area contributed by atoms with E-state index in [0.29, 0.717) is 0 Å². The van der Waals surface area contributed by atoms with Crippen molar-refractivity contribution in [2.75, 3.05) is 0 Å². The minimum atomic E-state index is -1.10. The van der Waals surface area contributed by atoms with Gasteiger partial charge in [0.05, 0.1) is 11.3 Å². The second kappa shape index (κ2) is 7.53. The number of aryl methyl sites for hydroxylation is 1. The van der Waals surface area contributed by atoms with Crippen molar-refractivity contribution in [2.45, 2.75) is 46.2 Å². The fourth-order valence-corrected chi connectivity index (χ4v) is 1.72. The van der Waals surface area contributed by atoms with E-state index in [9.17, 15) is 14.4 Å². The molecule has 7 heteroatoms. The highest BCUT2D eigenvalue weighted by molar-refractivity contribution is 5.97. The number of carboxylic acids is 1. The molecule has 0 aliphatic heterocycles. The predicted molar refractivity (Wildman–Crippen MR) is 80.8 cm³/mol. The van der Waals surface area contributed by atoms with Crippen LogP contribution in [0.25, 0.3) is 0 Å². The first-order chi connectivity index (χ1) is 10.3. The number of nitrogens with one attached hydrogen (secondary N) is 2. The summed E-state index contributed by atoms with van der Waals surface area (Å²) in [5.41, 5.74) is 0.363. The van der Waals surface area contributed by atoms with Crippen LogP contribution in [0.1, 0.15) is 53.7 Å². The topological polar surface area (TPSA) is 108 Å². The van der Waals surface area contributed by atoms with Gasteiger partial charge in [-0.25, -0.2) is 9.78 Å². The van der Waals surface area contributed by atoms with Crippen LogP contribution < -0.4 is 10.6 Å². The minimum absolute atomic E-state index is 0.0297. The second-order valence-electron chi connectivity index (χ2n) is 5.15. The summed E-state index contributed by atoms with van der Waals surface area (Å²) < 4.78 is 0. The lowest BCUT2D eigenvalue weighted by atomic mass is 10.1. The molecule has 1 rings (SSSR count). The minimum Gasteiger partial charge on any atom is -0.478 e. The van der Waals surface area contributed by atoms with Gasteiger partial charge in [-0.05, 0) is 39.3 Å². The standard InChI is InChI=1S/C15H21N3O4/c1-5-8(2)16-13(19)10(4)18-14(20)12-7-6-11(15(21)22)9(3)17-12/h6-8,10H,5H2,1-4H3,(H,16,19)(H,18,20)(H,21,22). The van der Waals surface area contributed by atoms with Crippen LogP contribution in [0.5, 0.6) is 0 Å². The molecule has 0 fully saturated rings. The normalized spacial score (nSPS) is 13.1. The molecule has 1 aromatic rings. The molecule has 120 valence electrons. The van der Waals surface area contributed by atoms with Crippen molar-refractivity contribution in [1.82, 2.24) is 15.6 Å².